The molecule has 0 aromatic carbocycles. The van der Waals surface area contributed by atoms with E-state index < -0.39 is 6.10 Å². The highest BCUT2D eigenvalue weighted by atomic mass is 16.6. The summed E-state index contributed by atoms with van der Waals surface area (Å²) in [6.07, 6.45) is 74.7. The predicted octanol–water partition coefficient (Wildman–Crippen LogP) is 22.2. The minimum absolute atomic E-state index is 0.0666. The molecular formula is C67H126O6. The fourth-order valence-electron chi connectivity index (χ4n) is 10.0. The zero-order valence-corrected chi connectivity index (χ0v) is 49.4. The molecule has 0 aromatic rings. The van der Waals surface area contributed by atoms with E-state index in [1.165, 1.54) is 263 Å². The predicted molar refractivity (Wildman–Crippen MR) is 316 cm³/mol. The van der Waals surface area contributed by atoms with Crippen LogP contribution < -0.4 is 0 Å². The van der Waals surface area contributed by atoms with Crippen LogP contribution in [0.5, 0.6) is 0 Å². The van der Waals surface area contributed by atoms with E-state index in [0.717, 1.165) is 64.2 Å². The van der Waals surface area contributed by atoms with Crippen molar-refractivity contribution >= 4 is 17.9 Å². The van der Waals surface area contributed by atoms with Crippen molar-refractivity contribution in [1.82, 2.24) is 0 Å². The highest BCUT2D eigenvalue weighted by Gasteiger charge is 2.19. The van der Waals surface area contributed by atoms with Gasteiger partial charge in [0, 0.05) is 19.3 Å². The van der Waals surface area contributed by atoms with Gasteiger partial charge in [-0.25, -0.2) is 0 Å². The quantitative estimate of drug-likeness (QED) is 0.0261. The van der Waals surface area contributed by atoms with Crippen LogP contribution in [-0.2, 0) is 28.6 Å². The van der Waals surface area contributed by atoms with Crippen molar-refractivity contribution < 1.29 is 28.6 Å². The summed E-state index contributed by atoms with van der Waals surface area (Å²) < 4.78 is 17.0. The monoisotopic (exact) mass is 1030 g/mol. The van der Waals surface area contributed by atoms with Crippen molar-refractivity contribution in [1.29, 1.82) is 0 Å². The molecule has 6 nitrogen and oxygen atoms in total. The molecule has 0 aliphatic carbocycles. The van der Waals surface area contributed by atoms with Gasteiger partial charge in [0.25, 0.3) is 0 Å². The van der Waals surface area contributed by atoms with E-state index in [1.807, 2.05) is 0 Å². The van der Waals surface area contributed by atoms with Crippen LogP contribution in [-0.4, -0.2) is 37.2 Å². The normalized spacial score (nSPS) is 12.1. The van der Waals surface area contributed by atoms with Crippen molar-refractivity contribution in [2.75, 3.05) is 13.2 Å². The van der Waals surface area contributed by atoms with E-state index in [1.54, 1.807) is 0 Å². The van der Waals surface area contributed by atoms with Gasteiger partial charge in [0.05, 0.1) is 0 Å². The topological polar surface area (TPSA) is 78.9 Å². The van der Waals surface area contributed by atoms with Gasteiger partial charge in [0.1, 0.15) is 13.2 Å². The van der Waals surface area contributed by atoms with Gasteiger partial charge in [-0.15, -0.1) is 0 Å². The molecule has 0 fully saturated rings. The fraction of sp³-hybridized carbons (Fsp3) is 0.896. The van der Waals surface area contributed by atoms with Gasteiger partial charge in [-0.1, -0.05) is 321 Å². The first-order valence-electron chi connectivity index (χ1n) is 32.8. The molecule has 1 atom stereocenters. The zero-order chi connectivity index (χ0) is 52.9. The lowest BCUT2D eigenvalue weighted by atomic mass is 10.0. The third-order valence-electron chi connectivity index (χ3n) is 15.0. The number of hydrogen-bond donors (Lipinski definition) is 0. The number of carbonyl (C=O) groups is 3. The second-order valence-electron chi connectivity index (χ2n) is 22.4. The van der Waals surface area contributed by atoms with Crippen LogP contribution in [0.15, 0.2) is 24.3 Å². The molecule has 0 aromatic heterocycles. The maximum Gasteiger partial charge on any atom is 0.306 e. The van der Waals surface area contributed by atoms with E-state index >= 15 is 0 Å². The molecule has 0 rings (SSSR count). The van der Waals surface area contributed by atoms with E-state index in [0.29, 0.717) is 19.3 Å². The summed E-state index contributed by atoms with van der Waals surface area (Å²) in [5.74, 6) is -0.841. The lowest BCUT2D eigenvalue weighted by molar-refractivity contribution is -0.167. The molecule has 0 saturated heterocycles. The average Bonchev–Trinajstić information content (AvgIpc) is 3.39. The lowest BCUT2D eigenvalue weighted by Crippen LogP contribution is -2.30. The van der Waals surface area contributed by atoms with Gasteiger partial charge in [-0.3, -0.25) is 14.4 Å². The van der Waals surface area contributed by atoms with Crippen LogP contribution >= 0.6 is 0 Å². The van der Waals surface area contributed by atoms with Gasteiger partial charge in [0.2, 0.25) is 0 Å². The summed E-state index contributed by atoms with van der Waals surface area (Å²) in [5, 5.41) is 0. The molecule has 0 aliphatic rings. The molecule has 0 amide bonds. The number of ether oxygens (including phenoxy) is 3. The number of esters is 3. The number of unbranched alkanes of at least 4 members (excludes halogenated alkanes) is 46. The second kappa shape index (κ2) is 62.4. The third-order valence-corrected chi connectivity index (χ3v) is 15.0. The summed E-state index contributed by atoms with van der Waals surface area (Å²) in [6.45, 7) is 6.69. The van der Waals surface area contributed by atoms with Gasteiger partial charge >= 0.3 is 17.9 Å². The summed E-state index contributed by atoms with van der Waals surface area (Å²) >= 11 is 0. The van der Waals surface area contributed by atoms with Crippen LogP contribution in [0.3, 0.4) is 0 Å². The maximum atomic E-state index is 12.9. The van der Waals surface area contributed by atoms with Crippen LogP contribution in [0.1, 0.15) is 367 Å². The Labute approximate surface area is 455 Å². The first-order valence-corrected chi connectivity index (χ1v) is 32.8. The van der Waals surface area contributed by atoms with Crippen LogP contribution in [0, 0.1) is 0 Å². The molecule has 1 unspecified atom stereocenters. The van der Waals surface area contributed by atoms with E-state index in [9.17, 15) is 14.4 Å². The summed E-state index contributed by atoms with van der Waals surface area (Å²) in [5.41, 5.74) is 0. The SMILES string of the molecule is CCCCC/C=C\C/C=C\CCCCCCCCCCCC(=O)OC(COC(=O)CCCCCCCCCCCCCCCCC)COC(=O)CCCCCCCCCCCCCCCCCCCCCCC. The van der Waals surface area contributed by atoms with Crippen LogP contribution in [0.4, 0.5) is 0 Å². The standard InChI is InChI=1S/C67H126O6/c1-4-7-10-13-16-19-22-25-28-30-32-33-35-36-39-42-45-48-51-54-57-60-66(69)72-63-64(62-71-65(68)59-56-53-50-47-44-41-38-27-24-21-18-15-12-9-6-3)73-67(70)61-58-55-52-49-46-43-40-37-34-31-29-26-23-20-17-14-11-8-5-2/h17,20,26,29,64H,4-16,18-19,21-25,27-28,30-63H2,1-3H3/b20-17-,29-26-. The summed E-state index contributed by atoms with van der Waals surface area (Å²) in [4.78, 5) is 38.3. The molecule has 0 heterocycles. The minimum Gasteiger partial charge on any atom is -0.462 e. The lowest BCUT2D eigenvalue weighted by Gasteiger charge is -2.18. The molecule has 0 aliphatic heterocycles. The van der Waals surface area contributed by atoms with Gasteiger partial charge < -0.3 is 14.2 Å². The number of carbonyl (C=O) groups excluding carboxylic acids is 3. The van der Waals surface area contributed by atoms with Crippen molar-refractivity contribution in [3.05, 3.63) is 24.3 Å². The Balaban J connectivity index is 4.29. The maximum absolute atomic E-state index is 12.9. The molecule has 430 valence electrons. The van der Waals surface area contributed by atoms with Crippen molar-refractivity contribution in [3.63, 3.8) is 0 Å². The average molecular weight is 1030 g/mol. The molecule has 6 heteroatoms. The second-order valence-corrected chi connectivity index (χ2v) is 22.4. The highest BCUT2D eigenvalue weighted by molar-refractivity contribution is 5.71. The van der Waals surface area contributed by atoms with E-state index in [-0.39, 0.29) is 31.1 Å². The number of hydrogen-bond acceptors (Lipinski definition) is 6. The largest absolute Gasteiger partial charge is 0.462 e. The smallest absolute Gasteiger partial charge is 0.306 e. The Hall–Kier alpha value is -2.11. The van der Waals surface area contributed by atoms with E-state index in [4.69, 9.17) is 14.2 Å². The Bertz CT molecular complexity index is 1180. The van der Waals surface area contributed by atoms with Crippen molar-refractivity contribution in [2.45, 2.75) is 374 Å². The first-order chi connectivity index (χ1) is 36.0. The molecule has 73 heavy (non-hydrogen) atoms. The zero-order valence-electron chi connectivity index (χ0n) is 49.4. The molecular weight excluding hydrogens is 901 g/mol. The molecule has 0 bridgehead atoms. The number of rotatable bonds is 61. The van der Waals surface area contributed by atoms with Gasteiger partial charge in [0.15, 0.2) is 6.10 Å². The Kier molecular flexibility index (Phi) is 60.6. The Morgan fingerprint density at radius 1 is 0.274 bits per heavy atom. The molecule has 0 radical (unpaired) electrons. The number of allylic oxidation sites excluding steroid dienone is 4. The van der Waals surface area contributed by atoms with Crippen molar-refractivity contribution in [2.24, 2.45) is 0 Å². The van der Waals surface area contributed by atoms with E-state index in [2.05, 4.69) is 45.1 Å². The van der Waals surface area contributed by atoms with Crippen LogP contribution in [0.2, 0.25) is 0 Å². The Morgan fingerprint density at radius 3 is 0.781 bits per heavy atom. The summed E-state index contributed by atoms with van der Waals surface area (Å²) in [7, 11) is 0. The molecule has 0 spiro atoms. The van der Waals surface area contributed by atoms with Crippen LogP contribution in [0.25, 0.3) is 0 Å². The van der Waals surface area contributed by atoms with Gasteiger partial charge in [-0.2, -0.15) is 0 Å². The summed E-state index contributed by atoms with van der Waals surface area (Å²) in [6, 6.07) is 0. The molecule has 0 saturated carbocycles. The van der Waals surface area contributed by atoms with Crippen molar-refractivity contribution in [3.8, 4) is 0 Å². The minimum atomic E-state index is -0.770. The third kappa shape index (κ3) is 60.6. The first kappa shape index (κ1) is 70.9. The highest BCUT2D eigenvalue weighted by Crippen LogP contribution is 2.18. The Morgan fingerprint density at radius 2 is 0.493 bits per heavy atom. The molecule has 0 N–H and O–H groups in total. The van der Waals surface area contributed by atoms with Gasteiger partial charge in [-0.05, 0) is 51.4 Å². The fourth-order valence-corrected chi connectivity index (χ4v) is 10.0.